The van der Waals surface area contributed by atoms with Gasteiger partial charge in [-0.25, -0.2) is 0 Å². The van der Waals surface area contributed by atoms with Crippen LogP contribution in [0.5, 0.6) is 0 Å². The van der Waals surface area contributed by atoms with Crippen LogP contribution in [0.3, 0.4) is 0 Å². The average molecular weight is 249 g/mol. The van der Waals surface area contributed by atoms with Gasteiger partial charge in [-0.3, -0.25) is 10.7 Å². The van der Waals surface area contributed by atoms with E-state index in [0.717, 1.165) is 0 Å². The van der Waals surface area contributed by atoms with Crippen molar-refractivity contribution in [2.45, 2.75) is 0 Å². The van der Waals surface area contributed by atoms with E-state index in [1.807, 2.05) is 23.7 Å². The number of nitrogens with one attached hydrogen (secondary N) is 1. The Bertz CT molecular complexity index is 154. The molecule has 0 saturated carbocycles. The van der Waals surface area contributed by atoms with Gasteiger partial charge in [0.15, 0.2) is 0 Å². The standard InChI is InChI=1S/C6H7NO.Ce/c8-7-6-4-2-1-3-5-6;/h1-5,7-8H;. The second-order valence-corrected chi connectivity index (χ2v) is 1.48. The normalized spacial score (nSPS) is 7.67. The van der Waals surface area contributed by atoms with Crippen LogP contribution in [0.15, 0.2) is 30.3 Å². The van der Waals surface area contributed by atoms with Crippen LogP contribution in [0.2, 0.25) is 0 Å². The molecule has 0 spiro atoms. The molecule has 0 radical (unpaired) electrons. The summed E-state index contributed by atoms with van der Waals surface area (Å²) >= 11 is 0. The minimum Gasteiger partial charge on any atom is -0.291 e. The van der Waals surface area contributed by atoms with Crippen molar-refractivity contribution in [2.75, 3.05) is 5.48 Å². The van der Waals surface area contributed by atoms with Crippen LogP contribution in [-0.4, -0.2) is 5.21 Å². The van der Waals surface area contributed by atoms with E-state index >= 15 is 0 Å². The van der Waals surface area contributed by atoms with Crippen LogP contribution >= 0.6 is 0 Å². The van der Waals surface area contributed by atoms with Crippen molar-refractivity contribution < 1.29 is 47.0 Å². The smallest absolute Gasteiger partial charge is 0.0602 e. The van der Waals surface area contributed by atoms with Crippen LogP contribution in [0, 0.1) is 41.7 Å². The Kier molecular flexibility index (Phi) is 5.37. The molecule has 3 heteroatoms. The van der Waals surface area contributed by atoms with Gasteiger partial charge < -0.3 is 0 Å². The molecule has 0 amide bonds. The maximum atomic E-state index is 8.29. The van der Waals surface area contributed by atoms with Crippen molar-refractivity contribution in [3.05, 3.63) is 30.3 Å². The van der Waals surface area contributed by atoms with E-state index in [0.29, 0.717) is 5.69 Å². The molecule has 0 atom stereocenters. The first-order valence-electron chi connectivity index (χ1n) is 2.38. The molecule has 1 rings (SSSR count). The number of hydrogen-bond donors (Lipinski definition) is 2. The van der Waals surface area contributed by atoms with Crippen LogP contribution in [-0.2, 0) is 0 Å². The number of benzene rings is 1. The van der Waals surface area contributed by atoms with Gasteiger partial charge in [-0.15, -0.1) is 0 Å². The molecule has 0 aliphatic heterocycles. The molecule has 1 aromatic carbocycles. The fourth-order valence-corrected chi connectivity index (χ4v) is 0.513. The predicted molar refractivity (Wildman–Crippen MR) is 31.9 cm³/mol. The molecular weight excluding hydrogens is 242 g/mol. The number of hydrogen-bond acceptors (Lipinski definition) is 2. The van der Waals surface area contributed by atoms with Gasteiger partial charge in [0, 0.05) is 41.7 Å². The molecule has 46 valence electrons. The molecule has 2 N–H and O–H groups in total. The van der Waals surface area contributed by atoms with E-state index in [1.54, 1.807) is 12.1 Å². The molecule has 0 aromatic heterocycles. The van der Waals surface area contributed by atoms with Gasteiger partial charge in [0.1, 0.15) is 0 Å². The molecular formula is C6H7CeNO. The summed E-state index contributed by atoms with van der Waals surface area (Å²) in [6.07, 6.45) is 0. The first kappa shape index (κ1) is 9.36. The number of rotatable bonds is 1. The Morgan fingerprint density at radius 3 is 2.00 bits per heavy atom. The Morgan fingerprint density at radius 1 is 1.11 bits per heavy atom. The summed E-state index contributed by atoms with van der Waals surface area (Å²) in [5, 5.41) is 8.29. The second kappa shape index (κ2) is 5.17. The zero-order valence-corrected chi connectivity index (χ0v) is 7.97. The third-order valence-corrected chi connectivity index (χ3v) is 0.903. The van der Waals surface area contributed by atoms with Gasteiger partial charge in [0.05, 0.1) is 5.69 Å². The monoisotopic (exact) mass is 249 g/mol. The van der Waals surface area contributed by atoms with Crippen LogP contribution in [0.25, 0.3) is 0 Å². The van der Waals surface area contributed by atoms with Crippen LogP contribution in [0.1, 0.15) is 0 Å². The van der Waals surface area contributed by atoms with E-state index < -0.39 is 0 Å². The van der Waals surface area contributed by atoms with Crippen LogP contribution < -0.4 is 5.48 Å². The first-order valence-corrected chi connectivity index (χ1v) is 2.38. The summed E-state index contributed by atoms with van der Waals surface area (Å²) < 4.78 is 0. The van der Waals surface area contributed by atoms with Gasteiger partial charge in [0.2, 0.25) is 0 Å². The van der Waals surface area contributed by atoms with Crippen molar-refractivity contribution in [3.63, 3.8) is 0 Å². The van der Waals surface area contributed by atoms with E-state index in [9.17, 15) is 0 Å². The topological polar surface area (TPSA) is 32.3 Å². The third-order valence-electron chi connectivity index (χ3n) is 0.903. The van der Waals surface area contributed by atoms with Gasteiger partial charge >= 0.3 is 0 Å². The van der Waals surface area contributed by atoms with Crippen molar-refractivity contribution in [2.24, 2.45) is 0 Å². The Balaban J connectivity index is 0.000000640. The second-order valence-electron chi connectivity index (χ2n) is 1.48. The number of para-hydroxylation sites is 1. The molecule has 0 unspecified atom stereocenters. The summed E-state index contributed by atoms with van der Waals surface area (Å²) in [6, 6.07) is 9.14. The molecule has 1 aromatic rings. The largest absolute Gasteiger partial charge is 0.291 e. The zero-order chi connectivity index (χ0) is 5.82. The summed E-state index contributed by atoms with van der Waals surface area (Å²) in [7, 11) is 0. The minimum absolute atomic E-state index is 0. The van der Waals surface area contributed by atoms with Crippen molar-refractivity contribution in [1.29, 1.82) is 0 Å². The van der Waals surface area contributed by atoms with Gasteiger partial charge in [-0.05, 0) is 12.1 Å². The molecule has 0 saturated heterocycles. The zero-order valence-electron chi connectivity index (χ0n) is 4.83. The van der Waals surface area contributed by atoms with Crippen molar-refractivity contribution >= 4 is 5.69 Å². The molecule has 0 fully saturated rings. The van der Waals surface area contributed by atoms with Crippen LogP contribution in [0.4, 0.5) is 5.69 Å². The first-order chi connectivity index (χ1) is 3.93. The van der Waals surface area contributed by atoms with Gasteiger partial charge in [0.25, 0.3) is 0 Å². The fourth-order valence-electron chi connectivity index (χ4n) is 0.513. The average Bonchev–Trinajstić information content (AvgIpc) is 1.90. The fraction of sp³-hybridized carbons (Fsp3) is 0. The molecule has 0 bridgehead atoms. The van der Waals surface area contributed by atoms with Crippen molar-refractivity contribution in [3.8, 4) is 0 Å². The molecule has 2 nitrogen and oxygen atoms in total. The van der Waals surface area contributed by atoms with E-state index in [1.165, 1.54) is 0 Å². The third kappa shape index (κ3) is 3.15. The van der Waals surface area contributed by atoms with Gasteiger partial charge in [-0.1, -0.05) is 18.2 Å². The van der Waals surface area contributed by atoms with Gasteiger partial charge in [-0.2, -0.15) is 0 Å². The van der Waals surface area contributed by atoms with E-state index in [-0.39, 0.29) is 41.7 Å². The molecule has 0 aliphatic rings. The van der Waals surface area contributed by atoms with E-state index in [2.05, 4.69) is 0 Å². The number of anilines is 1. The Morgan fingerprint density at radius 2 is 1.67 bits per heavy atom. The summed E-state index contributed by atoms with van der Waals surface area (Å²) in [6.45, 7) is 0. The summed E-state index contributed by atoms with van der Waals surface area (Å²) in [5.74, 6) is 0. The maximum Gasteiger partial charge on any atom is 0.0602 e. The Labute approximate surface area is 87.6 Å². The quantitative estimate of drug-likeness (QED) is 0.739. The molecule has 0 heterocycles. The maximum absolute atomic E-state index is 8.29. The molecule has 0 aliphatic carbocycles. The van der Waals surface area contributed by atoms with E-state index in [4.69, 9.17) is 5.21 Å². The SMILES string of the molecule is ONc1ccccc1.[Ce]. The Hall–Kier alpha value is 0.357. The summed E-state index contributed by atoms with van der Waals surface area (Å²) in [5.41, 5.74) is 2.74. The molecule has 9 heavy (non-hydrogen) atoms. The van der Waals surface area contributed by atoms with Crippen molar-refractivity contribution in [1.82, 2.24) is 0 Å². The predicted octanol–water partition coefficient (Wildman–Crippen LogP) is 1.49. The summed E-state index contributed by atoms with van der Waals surface area (Å²) in [4.78, 5) is 0. The minimum atomic E-state index is 0.